The van der Waals surface area contributed by atoms with Gasteiger partial charge in [-0.2, -0.15) is 0 Å². The van der Waals surface area contributed by atoms with Crippen molar-refractivity contribution in [2.24, 2.45) is 0 Å². The minimum Gasteiger partial charge on any atom is -0.497 e. The lowest BCUT2D eigenvalue weighted by Crippen LogP contribution is -2.64. The molecule has 0 bridgehead atoms. The van der Waals surface area contributed by atoms with Crippen molar-refractivity contribution in [2.75, 3.05) is 33.9 Å². The number of thiophene rings is 1. The summed E-state index contributed by atoms with van der Waals surface area (Å²) >= 11 is 1.28. The highest BCUT2D eigenvalue weighted by Gasteiger charge is 2.39. The molecule has 2 unspecified atom stereocenters. The van der Waals surface area contributed by atoms with Crippen LogP contribution >= 0.6 is 11.3 Å². The summed E-state index contributed by atoms with van der Waals surface area (Å²) in [7, 11) is 2.81. The number of amides is 4. The first-order valence-electron chi connectivity index (χ1n) is 11.6. The fourth-order valence-corrected chi connectivity index (χ4v) is 4.59. The summed E-state index contributed by atoms with van der Waals surface area (Å²) in [6, 6.07) is 8.24. The van der Waals surface area contributed by atoms with Crippen LogP contribution in [0.1, 0.15) is 29.1 Å². The molecule has 0 radical (unpaired) electrons. The Morgan fingerprint density at radius 3 is 2.36 bits per heavy atom. The smallest absolute Gasteiger partial charge is 0.328 e. The second-order valence-corrected chi connectivity index (χ2v) is 9.63. The van der Waals surface area contributed by atoms with Crippen LogP contribution in [0.2, 0.25) is 0 Å². The number of hydrogen-bond acceptors (Lipinski definition) is 7. The first kappa shape index (κ1) is 27.0. The highest BCUT2D eigenvalue weighted by molar-refractivity contribution is 7.12. The van der Waals surface area contributed by atoms with Gasteiger partial charge in [0.15, 0.2) is 0 Å². The number of piperazine rings is 1. The number of ether oxygens (including phenoxy) is 2. The van der Waals surface area contributed by atoms with Crippen molar-refractivity contribution in [1.82, 2.24) is 20.4 Å². The van der Waals surface area contributed by atoms with Gasteiger partial charge < -0.3 is 29.9 Å². The van der Waals surface area contributed by atoms with Gasteiger partial charge in [0, 0.05) is 25.6 Å². The van der Waals surface area contributed by atoms with E-state index in [2.05, 4.69) is 10.6 Å². The standard InChI is InChI=1S/C25H32N4O6S/c1-16(2)26-25(33)28-11-12-29(23(31)21-6-5-13-36-21)20(15-28)22(30)27-19(24(32)35-4)14-17-7-9-18(34-3)10-8-17/h5-10,13,16,19-20H,11-12,14-15H2,1-4H3,(H,26,33)(H,27,30). The lowest BCUT2D eigenvalue weighted by Gasteiger charge is -2.40. The summed E-state index contributed by atoms with van der Waals surface area (Å²) < 4.78 is 10.1. The number of esters is 1. The van der Waals surface area contributed by atoms with E-state index in [4.69, 9.17) is 9.47 Å². The van der Waals surface area contributed by atoms with E-state index in [9.17, 15) is 19.2 Å². The lowest BCUT2D eigenvalue weighted by atomic mass is 10.0. The van der Waals surface area contributed by atoms with Gasteiger partial charge in [0.25, 0.3) is 5.91 Å². The Morgan fingerprint density at radius 2 is 1.78 bits per heavy atom. The zero-order valence-electron chi connectivity index (χ0n) is 20.9. The summed E-state index contributed by atoms with van der Waals surface area (Å²) in [5, 5.41) is 7.36. The van der Waals surface area contributed by atoms with Gasteiger partial charge >= 0.3 is 12.0 Å². The van der Waals surface area contributed by atoms with E-state index >= 15 is 0 Å². The average Bonchev–Trinajstić information content (AvgIpc) is 3.42. The van der Waals surface area contributed by atoms with E-state index in [0.29, 0.717) is 10.6 Å². The minimum atomic E-state index is -0.978. The molecule has 36 heavy (non-hydrogen) atoms. The Labute approximate surface area is 214 Å². The number of rotatable bonds is 8. The average molecular weight is 517 g/mol. The summed E-state index contributed by atoms with van der Waals surface area (Å²) in [5.41, 5.74) is 0.791. The topological polar surface area (TPSA) is 117 Å². The molecule has 2 heterocycles. The molecule has 1 fully saturated rings. The lowest BCUT2D eigenvalue weighted by molar-refractivity contribution is -0.145. The first-order valence-corrected chi connectivity index (χ1v) is 12.5. The van der Waals surface area contributed by atoms with Crippen LogP contribution in [0.25, 0.3) is 0 Å². The van der Waals surface area contributed by atoms with Gasteiger partial charge in [-0.05, 0) is 43.0 Å². The van der Waals surface area contributed by atoms with E-state index in [1.54, 1.807) is 48.9 Å². The molecule has 1 aromatic carbocycles. The van der Waals surface area contributed by atoms with Crippen molar-refractivity contribution in [1.29, 1.82) is 0 Å². The molecule has 0 saturated carbocycles. The molecule has 10 nitrogen and oxygen atoms in total. The van der Waals surface area contributed by atoms with Gasteiger partial charge in [-0.25, -0.2) is 9.59 Å². The van der Waals surface area contributed by atoms with E-state index in [0.717, 1.165) is 5.56 Å². The number of hydrogen-bond donors (Lipinski definition) is 2. The van der Waals surface area contributed by atoms with Crippen molar-refractivity contribution in [3.8, 4) is 5.75 Å². The van der Waals surface area contributed by atoms with Crippen molar-refractivity contribution in [3.05, 3.63) is 52.2 Å². The number of methoxy groups -OCH3 is 2. The summed E-state index contributed by atoms with van der Waals surface area (Å²) in [6.45, 7) is 4.16. The van der Waals surface area contributed by atoms with E-state index < -0.39 is 24.0 Å². The van der Waals surface area contributed by atoms with E-state index in [1.807, 2.05) is 13.8 Å². The third-order valence-electron chi connectivity index (χ3n) is 5.78. The van der Waals surface area contributed by atoms with Crippen LogP contribution in [0.4, 0.5) is 4.79 Å². The van der Waals surface area contributed by atoms with E-state index in [1.165, 1.54) is 28.2 Å². The number of nitrogens with one attached hydrogen (secondary N) is 2. The number of urea groups is 1. The molecule has 11 heteroatoms. The maximum absolute atomic E-state index is 13.5. The Morgan fingerprint density at radius 1 is 1.06 bits per heavy atom. The predicted octanol–water partition coefficient (Wildman–Crippen LogP) is 1.90. The van der Waals surface area contributed by atoms with Crippen LogP contribution in [0.15, 0.2) is 41.8 Å². The summed E-state index contributed by atoms with van der Waals surface area (Å²) in [4.78, 5) is 55.4. The molecule has 3 rings (SSSR count). The number of carbonyl (C=O) groups excluding carboxylic acids is 4. The zero-order valence-corrected chi connectivity index (χ0v) is 21.7. The summed E-state index contributed by atoms with van der Waals surface area (Å²) in [5.74, 6) is -0.771. The Bertz CT molecular complexity index is 1060. The van der Waals surface area contributed by atoms with Crippen LogP contribution in [0.5, 0.6) is 5.75 Å². The van der Waals surface area contributed by atoms with Crippen LogP contribution < -0.4 is 15.4 Å². The zero-order chi connectivity index (χ0) is 26.2. The molecule has 194 valence electrons. The second-order valence-electron chi connectivity index (χ2n) is 8.68. The Balaban J connectivity index is 1.81. The quantitative estimate of drug-likeness (QED) is 0.518. The first-order chi connectivity index (χ1) is 17.2. The van der Waals surface area contributed by atoms with Crippen molar-refractivity contribution in [3.63, 3.8) is 0 Å². The highest BCUT2D eigenvalue weighted by Crippen LogP contribution is 2.19. The molecule has 1 aromatic heterocycles. The van der Waals surface area contributed by atoms with Gasteiger partial charge in [0.1, 0.15) is 17.8 Å². The number of benzene rings is 1. The molecule has 0 spiro atoms. The van der Waals surface area contributed by atoms with Gasteiger partial charge in [-0.3, -0.25) is 9.59 Å². The molecule has 4 amide bonds. The predicted molar refractivity (Wildman–Crippen MR) is 135 cm³/mol. The van der Waals surface area contributed by atoms with E-state index in [-0.39, 0.29) is 44.0 Å². The third-order valence-corrected chi connectivity index (χ3v) is 6.63. The van der Waals surface area contributed by atoms with Crippen molar-refractivity contribution in [2.45, 2.75) is 38.4 Å². The Kier molecular flexibility index (Phi) is 9.29. The molecule has 1 saturated heterocycles. The number of nitrogens with zero attached hydrogens (tertiary/aromatic N) is 2. The molecule has 2 N–H and O–H groups in total. The Hall–Kier alpha value is -3.60. The van der Waals surface area contributed by atoms with Crippen molar-refractivity contribution < 1.29 is 28.7 Å². The molecule has 0 aliphatic carbocycles. The van der Waals surface area contributed by atoms with Gasteiger partial charge in [0.2, 0.25) is 5.91 Å². The van der Waals surface area contributed by atoms with Gasteiger partial charge in [-0.15, -0.1) is 11.3 Å². The number of carbonyl (C=O) groups is 4. The van der Waals surface area contributed by atoms with Crippen LogP contribution in [-0.4, -0.2) is 85.6 Å². The highest BCUT2D eigenvalue weighted by atomic mass is 32.1. The van der Waals surface area contributed by atoms with Gasteiger partial charge in [-0.1, -0.05) is 18.2 Å². The van der Waals surface area contributed by atoms with Crippen LogP contribution in [-0.2, 0) is 20.7 Å². The molecular formula is C25H32N4O6S. The fourth-order valence-electron chi connectivity index (χ4n) is 3.92. The monoisotopic (exact) mass is 516 g/mol. The van der Waals surface area contributed by atoms with Crippen LogP contribution in [0.3, 0.4) is 0 Å². The second kappa shape index (κ2) is 12.4. The minimum absolute atomic E-state index is 0.00205. The molecule has 2 aromatic rings. The fraction of sp³-hybridized carbons (Fsp3) is 0.440. The maximum atomic E-state index is 13.5. The van der Waals surface area contributed by atoms with Crippen molar-refractivity contribution >= 4 is 35.2 Å². The molecule has 1 aliphatic heterocycles. The SMILES string of the molecule is COC(=O)C(Cc1ccc(OC)cc1)NC(=O)C1CN(C(=O)NC(C)C)CCN1C(=O)c1cccs1. The van der Waals surface area contributed by atoms with Crippen LogP contribution in [0, 0.1) is 0 Å². The molecule has 2 atom stereocenters. The molecular weight excluding hydrogens is 484 g/mol. The maximum Gasteiger partial charge on any atom is 0.328 e. The normalized spacial score (nSPS) is 16.3. The largest absolute Gasteiger partial charge is 0.497 e. The molecule has 1 aliphatic rings. The summed E-state index contributed by atoms with van der Waals surface area (Å²) in [6.07, 6.45) is 0.186. The van der Waals surface area contributed by atoms with Gasteiger partial charge in [0.05, 0.1) is 25.6 Å². The third kappa shape index (κ3) is 6.75.